The summed E-state index contributed by atoms with van der Waals surface area (Å²) in [5.41, 5.74) is 4.40. The number of fused-ring (bicyclic) bond motifs is 1. The molecule has 86 valence electrons. The lowest BCUT2D eigenvalue weighted by Crippen LogP contribution is -2.24. The second-order valence-electron chi connectivity index (χ2n) is 5.30. The van der Waals surface area contributed by atoms with Crippen LogP contribution in [0.1, 0.15) is 39.7 Å². The smallest absolute Gasteiger partial charge is 0.123 e. The third kappa shape index (κ3) is 1.87. The molecule has 0 fully saturated rings. The van der Waals surface area contributed by atoms with E-state index in [1.54, 1.807) is 0 Å². The third-order valence-corrected chi connectivity index (χ3v) is 3.59. The van der Waals surface area contributed by atoms with Crippen LogP contribution in [0, 0.1) is 0 Å². The number of allylic oxidation sites excluding steroid dienone is 2. The molecule has 0 unspecified atom stereocenters. The first-order valence-corrected chi connectivity index (χ1v) is 5.88. The molecule has 0 bridgehead atoms. The maximum atomic E-state index is 5.77. The van der Waals surface area contributed by atoms with Gasteiger partial charge in [0.05, 0.1) is 6.61 Å². The van der Waals surface area contributed by atoms with E-state index < -0.39 is 0 Å². The molecule has 0 saturated heterocycles. The van der Waals surface area contributed by atoms with Crippen molar-refractivity contribution in [2.75, 3.05) is 6.61 Å². The van der Waals surface area contributed by atoms with Crippen LogP contribution in [0.5, 0.6) is 5.75 Å². The topological polar surface area (TPSA) is 9.23 Å². The van der Waals surface area contributed by atoms with Crippen molar-refractivity contribution in [1.29, 1.82) is 0 Å². The van der Waals surface area contributed by atoms with Crippen LogP contribution in [0.25, 0.3) is 0 Å². The fourth-order valence-corrected chi connectivity index (χ4v) is 2.31. The maximum absolute atomic E-state index is 5.77. The highest BCUT2D eigenvalue weighted by molar-refractivity contribution is 5.44. The normalized spacial score (nSPS) is 22.5. The highest BCUT2D eigenvalue weighted by Crippen LogP contribution is 2.42. The van der Waals surface area contributed by atoms with Crippen molar-refractivity contribution in [1.82, 2.24) is 0 Å². The minimum Gasteiger partial charge on any atom is -0.492 e. The fraction of sp³-hybridized carbons (Fsp3) is 0.467. The summed E-state index contributed by atoms with van der Waals surface area (Å²) in [4.78, 5) is 0. The van der Waals surface area contributed by atoms with Gasteiger partial charge in [-0.3, -0.25) is 0 Å². The summed E-state index contributed by atoms with van der Waals surface area (Å²) in [5.74, 6) is 1.06. The average Bonchev–Trinajstić information content (AvgIpc) is 2.57. The van der Waals surface area contributed by atoms with Crippen LogP contribution in [0.15, 0.2) is 35.4 Å². The molecule has 0 aliphatic carbocycles. The lowest BCUT2D eigenvalue weighted by Gasteiger charge is -2.23. The van der Waals surface area contributed by atoms with Crippen molar-refractivity contribution >= 4 is 0 Å². The fourth-order valence-electron chi connectivity index (χ4n) is 2.31. The van der Waals surface area contributed by atoms with Crippen molar-refractivity contribution < 1.29 is 4.74 Å². The number of hydrogen-bond donors (Lipinski definition) is 0. The molecule has 16 heavy (non-hydrogen) atoms. The lowest BCUT2D eigenvalue weighted by atomic mass is 9.78. The summed E-state index contributed by atoms with van der Waals surface area (Å²) in [6.45, 7) is 9.69. The highest BCUT2D eigenvalue weighted by Gasteiger charge is 2.36. The average molecular weight is 216 g/mol. The number of ether oxygens (including phenoxy) is 1. The Labute approximate surface area is 98.1 Å². The minimum atomic E-state index is 0.151. The first-order chi connectivity index (χ1) is 7.53. The zero-order chi connectivity index (χ0) is 11.8. The van der Waals surface area contributed by atoms with Crippen LogP contribution in [0.2, 0.25) is 0 Å². The van der Waals surface area contributed by atoms with Crippen LogP contribution in [0.4, 0.5) is 0 Å². The largest absolute Gasteiger partial charge is 0.492 e. The second-order valence-corrected chi connectivity index (χ2v) is 5.30. The standard InChI is InChI=1S/C15H20O/c1-11(2)12(3)9-15(4)10-16-14-8-6-5-7-13(14)15/h5-8H,9-10H2,1-4H3/t15-/m0/s1. The predicted octanol–water partition coefficient (Wildman–Crippen LogP) is 4.08. The molecule has 1 aromatic rings. The quantitative estimate of drug-likeness (QED) is 0.677. The molecule has 0 saturated carbocycles. The molecule has 0 aromatic heterocycles. The Morgan fingerprint density at radius 1 is 1.25 bits per heavy atom. The van der Waals surface area contributed by atoms with Gasteiger partial charge in [0, 0.05) is 11.0 Å². The molecular formula is C15H20O. The van der Waals surface area contributed by atoms with Crippen LogP contribution in [0.3, 0.4) is 0 Å². The van der Waals surface area contributed by atoms with Crippen molar-refractivity contribution in [2.24, 2.45) is 0 Å². The summed E-state index contributed by atoms with van der Waals surface area (Å²) >= 11 is 0. The van der Waals surface area contributed by atoms with Crippen LogP contribution < -0.4 is 4.74 Å². The summed E-state index contributed by atoms with van der Waals surface area (Å²) in [6, 6.07) is 8.40. The van der Waals surface area contributed by atoms with E-state index in [0.29, 0.717) is 0 Å². The summed E-state index contributed by atoms with van der Waals surface area (Å²) in [7, 11) is 0. The molecule has 1 aliphatic heterocycles. The van der Waals surface area contributed by atoms with Gasteiger partial charge in [0.1, 0.15) is 5.75 Å². The molecule has 1 atom stereocenters. The predicted molar refractivity (Wildman–Crippen MR) is 68.0 cm³/mol. The van der Waals surface area contributed by atoms with Gasteiger partial charge in [-0.1, -0.05) is 36.3 Å². The van der Waals surface area contributed by atoms with Gasteiger partial charge in [0.25, 0.3) is 0 Å². The van der Waals surface area contributed by atoms with E-state index in [1.165, 1.54) is 16.7 Å². The summed E-state index contributed by atoms with van der Waals surface area (Å²) in [5, 5.41) is 0. The molecule has 1 nitrogen and oxygen atoms in total. The van der Waals surface area contributed by atoms with Crippen LogP contribution in [-0.4, -0.2) is 6.61 Å². The van der Waals surface area contributed by atoms with Crippen LogP contribution >= 0.6 is 0 Å². The van der Waals surface area contributed by atoms with Crippen molar-refractivity contribution in [3.63, 3.8) is 0 Å². The molecule has 0 spiro atoms. The van der Waals surface area contributed by atoms with Crippen molar-refractivity contribution in [2.45, 2.75) is 39.5 Å². The molecule has 0 N–H and O–H groups in total. The number of para-hydroxylation sites is 1. The van der Waals surface area contributed by atoms with E-state index >= 15 is 0 Å². The monoisotopic (exact) mass is 216 g/mol. The Morgan fingerprint density at radius 3 is 2.62 bits per heavy atom. The van der Waals surface area contributed by atoms with Gasteiger partial charge in [0.15, 0.2) is 0 Å². The molecule has 1 aliphatic rings. The van der Waals surface area contributed by atoms with E-state index in [2.05, 4.69) is 45.9 Å². The van der Waals surface area contributed by atoms with E-state index in [9.17, 15) is 0 Å². The van der Waals surface area contributed by atoms with Crippen LogP contribution in [-0.2, 0) is 5.41 Å². The second kappa shape index (κ2) is 3.97. The summed E-state index contributed by atoms with van der Waals surface area (Å²) < 4.78 is 5.77. The Balaban J connectivity index is 2.32. The first kappa shape index (κ1) is 11.3. The molecule has 0 radical (unpaired) electrons. The zero-order valence-electron chi connectivity index (χ0n) is 10.6. The Bertz CT molecular complexity index is 427. The molecule has 0 amide bonds. The minimum absolute atomic E-state index is 0.151. The third-order valence-electron chi connectivity index (χ3n) is 3.59. The van der Waals surface area contributed by atoms with Gasteiger partial charge in [-0.25, -0.2) is 0 Å². The molecule has 2 rings (SSSR count). The van der Waals surface area contributed by atoms with Gasteiger partial charge in [-0.05, 0) is 33.3 Å². The van der Waals surface area contributed by atoms with E-state index in [4.69, 9.17) is 4.74 Å². The van der Waals surface area contributed by atoms with Gasteiger partial charge in [-0.15, -0.1) is 0 Å². The molecule has 1 aromatic carbocycles. The first-order valence-electron chi connectivity index (χ1n) is 5.88. The lowest BCUT2D eigenvalue weighted by molar-refractivity contribution is 0.276. The summed E-state index contributed by atoms with van der Waals surface area (Å²) in [6.07, 6.45) is 1.09. The molecule has 1 heteroatoms. The Kier molecular flexibility index (Phi) is 2.79. The Morgan fingerprint density at radius 2 is 1.94 bits per heavy atom. The zero-order valence-corrected chi connectivity index (χ0v) is 10.6. The Hall–Kier alpha value is -1.24. The van der Waals surface area contributed by atoms with E-state index in [1.807, 2.05) is 6.07 Å². The number of rotatable bonds is 2. The molecule has 1 heterocycles. The van der Waals surface area contributed by atoms with E-state index in [-0.39, 0.29) is 5.41 Å². The maximum Gasteiger partial charge on any atom is 0.123 e. The van der Waals surface area contributed by atoms with Gasteiger partial charge in [0.2, 0.25) is 0 Å². The van der Waals surface area contributed by atoms with Gasteiger partial charge < -0.3 is 4.74 Å². The van der Waals surface area contributed by atoms with E-state index in [0.717, 1.165) is 18.8 Å². The highest BCUT2D eigenvalue weighted by atomic mass is 16.5. The number of benzene rings is 1. The van der Waals surface area contributed by atoms with Gasteiger partial charge >= 0.3 is 0 Å². The molecular weight excluding hydrogens is 196 g/mol. The van der Waals surface area contributed by atoms with Crippen molar-refractivity contribution in [3.8, 4) is 5.75 Å². The van der Waals surface area contributed by atoms with Crippen molar-refractivity contribution in [3.05, 3.63) is 41.0 Å². The SMILES string of the molecule is CC(C)=C(C)C[C@@]1(C)COc2ccccc21. The van der Waals surface area contributed by atoms with Gasteiger partial charge in [-0.2, -0.15) is 0 Å². The number of hydrogen-bond acceptors (Lipinski definition) is 1.